The first-order valence-corrected chi connectivity index (χ1v) is 9.96. The van der Waals surface area contributed by atoms with Gasteiger partial charge < -0.3 is 10.6 Å². The smallest absolute Gasteiger partial charge is 0.314 e. The topological polar surface area (TPSA) is 69.3 Å². The Hall–Kier alpha value is -3.09. The number of nitrogens with one attached hydrogen (secondary N) is 3. The van der Waals surface area contributed by atoms with Crippen LogP contribution in [-0.2, 0) is 12.7 Å². The quantitative estimate of drug-likeness (QED) is 0.628. The number of hydrogen-bond donors (Lipinski definition) is 3. The van der Waals surface area contributed by atoms with Crippen LogP contribution in [0.5, 0.6) is 0 Å². The lowest BCUT2D eigenvalue weighted by atomic mass is 10.0. The van der Waals surface area contributed by atoms with Gasteiger partial charge in [0.25, 0.3) is 0 Å². The second-order valence-electron chi connectivity index (χ2n) is 7.22. The van der Waals surface area contributed by atoms with Gasteiger partial charge in [-0.05, 0) is 30.7 Å². The zero-order valence-corrected chi connectivity index (χ0v) is 17.1. The Morgan fingerprint density at radius 2 is 2.16 bits per heavy atom. The number of terminal acetylenes is 1. The first-order valence-electron chi connectivity index (χ1n) is 9.96. The van der Waals surface area contributed by atoms with Gasteiger partial charge in [0.05, 0.1) is 5.56 Å². The number of aromatic nitrogens is 1. The number of anilines is 2. The molecule has 2 aromatic rings. The number of carbonyl (C=O) groups excluding carboxylic acids is 1. The van der Waals surface area contributed by atoms with Crippen LogP contribution in [0.2, 0.25) is 0 Å². The maximum absolute atomic E-state index is 13.7. The van der Waals surface area contributed by atoms with E-state index in [9.17, 15) is 18.0 Å². The average Bonchev–Trinajstić information content (AvgIpc) is 2.74. The van der Waals surface area contributed by atoms with Gasteiger partial charge in [-0.3, -0.25) is 10.2 Å². The summed E-state index contributed by atoms with van der Waals surface area (Å²) in [7, 11) is 0. The van der Waals surface area contributed by atoms with Gasteiger partial charge in [0.1, 0.15) is 5.82 Å². The van der Waals surface area contributed by atoms with E-state index in [4.69, 9.17) is 6.42 Å². The third kappa shape index (κ3) is 5.75. The minimum absolute atomic E-state index is 0.0378. The van der Waals surface area contributed by atoms with E-state index in [1.807, 2.05) is 11.8 Å². The third-order valence-corrected chi connectivity index (χ3v) is 5.20. The molecule has 164 valence electrons. The summed E-state index contributed by atoms with van der Waals surface area (Å²) >= 11 is 0. The van der Waals surface area contributed by atoms with Gasteiger partial charge in [-0.2, -0.15) is 13.2 Å². The zero-order valence-electron chi connectivity index (χ0n) is 17.1. The van der Waals surface area contributed by atoms with Crippen molar-refractivity contribution in [1.29, 1.82) is 0 Å². The number of carbonyl (C=O) groups is 1. The fourth-order valence-corrected chi connectivity index (χ4v) is 3.62. The molecule has 1 saturated heterocycles. The second-order valence-corrected chi connectivity index (χ2v) is 7.22. The van der Waals surface area contributed by atoms with E-state index in [-0.39, 0.29) is 29.7 Å². The van der Waals surface area contributed by atoms with Crippen molar-refractivity contribution in [3.8, 4) is 12.3 Å². The van der Waals surface area contributed by atoms with Crippen LogP contribution >= 0.6 is 0 Å². The maximum atomic E-state index is 13.7. The number of nitrogens with zero attached hydrogens (tertiary/aromatic N) is 2. The molecule has 0 aliphatic carbocycles. The normalized spacial score (nSPS) is 17.1. The Balaban J connectivity index is 1.86. The van der Waals surface area contributed by atoms with Crippen LogP contribution in [0, 0.1) is 12.3 Å². The van der Waals surface area contributed by atoms with E-state index >= 15 is 0 Å². The van der Waals surface area contributed by atoms with Crippen molar-refractivity contribution in [2.75, 3.05) is 30.3 Å². The van der Waals surface area contributed by atoms with Crippen molar-refractivity contribution in [3.63, 3.8) is 0 Å². The van der Waals surface area contributed by atoms with Gasteiger partial charge in [0.15, 0.2) is 0 Å². The largest absolute Gasteiger partial charge is 0.416 e. The van der Waals surface area contributed by atoms with Crippen molar-refractivity contribution in [3.05, 3.63) is 53.2 Å². The standard InChI is InChI=1S/C22H24F3N5O/c1-3-15-8-9-27-20(12-15)29-21(31)28-19-7-5-6-18(22(23,24)25)17(19)14-30-11-10-26-13-16(30)4-2/h1,5-9,12,16,26H,4,10-11,13-14H2,2H3,(H2,27,28,29,31). The van der Waals surface area contributed by atoms with Crippen molar-refractivity contribution >= 4 is 17.5 Å². The number of hydrogen-bond acceptors (Lipinski definition) is 4. The molecular weight excluding hydrogens is 407 g/mol. The minimum atomic E-state index is -4.54. The van der Waals surface area contributed by atoms with Crippen molar-refractivity contribution in [2.45, 2.75) is 32.1 Å². The lowest BCUT2D eigenvalue weighted by Gasteiger charge is -2.36. The summed E-state index contributed by atoms with van der Waals surface area (Å²) in [6.07, 6.45) is 3.05. The van der Waals surface area contributed by atoms with Gasteiger partial charge >= 0.3 is 12.2 Å². The fourth-order valence-electron chi connectivity index (χ4n) is 3.62. The summed E-state index contributed by atoms with van der Waals surface area (Å²) in [6.45, 7) is 4.12. The van der Waals surface area contributed by atoms with Gasteiger partial charge in [0.2, 0.25) is 0 Å². The molecule has 0 saturated carbocycles. The second kappa shape index (κ2) is 9.81. The van der Waals surface area contributed by atoms with Crippen LogP contribution < -0.4 is 16.0 Å². The monoisotopic (exact) mass is 431 g/mol. The molecule has 2 amide bonds. The molecule has 0 spiro atoms. The molecule has 0 bridgehead atoms. The van der Waals surface area contributed by atoms with Gasteiger partial charge in [-0.15, -0.1) is 6.42 Å². The zero-order chi connectivity index (χ0) is 22.4. The summed E-state index contributed by atoms with van der Waals surface area (Å²) in [5.74, 6) is 2.63. The van der Waals surface area contributed by atoms with Crippen molar-refractivity contribution < 1.29 is 18.0 Å². The van der Waals surface area contributed by atoms with Gasteiger partial charge in [-0.1, -0.05) is 18.9 Å². The highest BCUT2D eigenvalue weighted by Gasteiger charge is 2.35. The number of amides is 2. The minimum Gasteiger partial charge on any atom is -0.314 e. The number of halogens is 3. The molecule has 1 fully saturated rings. The Labute approximate surface area is 179 Å². The Morgan fingerprint density at radius 1 is 1.35 bits per heavy atom. The molecule has 2 heterocycles. The molecule has 0 radical (unpaired) electrons. The van der Waals surface area contributed by atoms with E-state index in [2.05, 4.69) is 26.9 Å². The van der Waals surface area contributed by atoms with E-state index < -0.39 is 17.8 Å². The number of urea groups is 1. The van der Waals surface area contributed by atoms with E-state index in [1.165, 1.54) is 24.4 Å². The van der Waals surface area contributed by atoms with Crippen molar-refractivity contribution in [2.24, 2.45) is 0 Å². The lowest BCUT2D eigenvalue weighted by Crippen LogP contribution is -2.50. The lowest BCUT2D eigenvalue weighted by molar-refractivity contribution is -0.138. The van der Waals surface area contributed by atoms with Crippen LogP contribution in [0.15, 0.2) is 36.5 Å². The van der Waals surface area contributed by atoms with Crippen LogP contribution in [-0.4, -0.2) is 41.6 Å². The van der Waals surface area contributed by atoms with Crippen LogP contribution in [0.1, 0.15) is 30.0 Å². The van der Waals surface area contributed by atoms with Gasteiger partial charge in [0, 0.05) is 55.2 Å². The average molecular weight is 431 g/mol. The highest BCUT2D eigenvalue weighted by molar-refractivity contribution is 5.99. The molecule has 1 aromatic carbocycles. The number of piperazine rings is 1. The molecule has 1 aromatic heterocycles. The van der Waals surface area contributed by atoms with Gasteiger partial charge in [-0.25, -0.2) is 9.78 Å². The molecule has 9 heteroatoms. The molecule has 1 unspecified atom stereocenters. The molecule has 6 nitrogen and oxygen atoms in total. The van der Waals surface area contributed by atoms with Crippen LogP contribution in [0.25, 0.3) is 0 Å². The Morgan fingerprint density at radius 3 is 2.87 bits per heavy atom. The summed E-state index contributed by atoms with van der Waals surface area (Å²) in [4.78, 5) is 18.5. The number of benzene rings is 1. The summed E-state index contributed by atoms with van der Waals surface area (Å²) in [5, 5.41) is 8.33. The predicted molar refractivity (Wildman–Crippen MR) is 114 cm³/mol. The first kappa shape index (κ1) is 22.6. The molecule has 3 rings (SSSR count). The number of rotatable bonds is 5. The Kier molecular flexibility index (Phi) is 7.15. The summed E-state index contributed by atoms with van der Waals surface area (Å²) in [5.41, 5.74) is -0.0924. The SMILES string of the molecule is C#Cc1ccnc(NC(=O)Nc2cccc(C(F)(F)F)c2CN2CCNCC2CC)c1. The molecule has 1 atom stereocenters. The highest BCUT2D eigenvalue weighted by Crippen LogP contribution is 2.36. The van der Waals surface area contributed by atoms with Crippen molar-refractivity contribution in [1.82, 2.24) is 15.2 Å². The Bertz CT molecular complexity index is 970. The van der Waals surface area contributed by atoms with Crippen LogP contribution in [0.3, 0.4) is 0 Å². The molecule has 31 heavy (non-hydrogen) atoms. The van der Waals surface area contributed by atoms with Crippen LogP contribution in [0.4, 0.5) is 29.5 Å². The molecule has 1 aliphatic heterocycles. The fraction of sp³-hybridized carbons (Fsp3) is 0.364. The van der Waals surface area contributed by atoms with E-state index in [0.29, 0.717) is 25.2 Å². The van der Waals surface area contributed by atoms with E-state index in [0.717, 1.165) is 12.5 Å². The number of alkyl halides is 3. The predicted octanol–water partition coefficient (Wildman–Crippen LogP) is 3.91. The van der Waals surface area contributed by atoms with E-state index in [1.54, 1.807) is 6.07 Å². The third-order valence-electron chi connectivity index (χ3n) is 5.20. The maximum Gasteiger partial charge on any atom is 0.416 e. The highest BCUT2D eigenvalue weighted by atomic mass is 19.4. The molecule has 3 N–H and O–H groups in total. The summed E-state index contributed by atoms with van der Waals surface area (Å²) < 4.78 is 41.2. The summed E-state index contributed by atoms with van der Waals surface area (Å²) in [6, 6.07) is 6.32. The molecule has 1 aliphatic rings. The molecular formula is C22H24F3N5O. The first-order chi connectivity index (χ1) is 14.8. The number of pyridine rings is 1.